The molecule has 0 unspecified atom stereocenters. The maximum Gasteiger partial charge on any atom is 1.00 e. The third kappa shape index (κ3) is 99.5. The van der Waals surface area contributed by atoms with Crippen LogP contribution in [0.15, 0.2) is 0 Å². The Kier molecular flexibility index (Phi) is 24.5. The molecule has 0 saturated heterocycles. The van der Waals surface area contributed by atoms with Gasteiger partial charge in [-0.1, -0.05) is 5.05 Å². The summed E-state index contributed by atoms with van der Waals surface area (Å²) in [6.07, 6.45) is 0. The van der Waals surface area contributed by atoms with Crippen molar-refractivity contribution in [3.63, 3.8) is 0 Å². The standard InChI is InChI=1S/C2H4OS.Na.H2O/c1-2(3)4;;/h1H3,(H,3,4);;1H2/q;+1;/p-1. The third-order valence-corrected chi connectivity index (χ3v) is 0. The smallest absolute Gasteiger partial charge is 0.868 e. The van der Waals surface area contributed by atoms with Crippen molar-refractivity contribution in [3.8, 4) is 0 Å². The molecule has 0 bridgehead atoms. The van der Waals surface area contributed by atoms with Crippen LogP contribution in [0, 0.1) is 0 Å². The summed E-state index contributed by atoms with van der Waals surface area (Å²) in [6.45, 7) is 1.34. The van der Waals surface area contributed by atoms with E-state index in [4.69, 9.17) is 0 Å². The summed E-state index contributed by atoms with van der Waals surface area (Å²) in [5.74, 6) is 0. The number of hydrogen-bond acceptors (Lipinski definition) is 2. The molecular formula is C2H5NaO2S. The fourth-order valence-electron chi connectivity index (χ4n) is 0. The molecule has 0 aliphatic carbocycles. The van der Waals surface area contributed by atoms with Crippen molar-refractivity contribution in [3.05, 3.63) is 0 Å². The van der Waals surface area contributed by atoms with Gasteiger partial charge in [0.2, 0.25) is 0 Å². The van der Waals surface area contributed by atoms with Gasteiger partial charge in [-0.05, 0) is 6.92 Å². The van der Waals surface area contributed by atoms with Gasteiger partial charge in [-0.15, -0.1) is 12.2 Å². The molecule has 4 heteroatoms. The Morgan fingerprint density at radius 1 is 1.67 bits per heavy atom. The van der Waals surface area contributed by atoms with Crippen molar-refractivity contribution in [2.24, 2.45) is 0 Å². The van der Waals surface area contributed by atoms with Gasteiger partial charge >= 0.3 is 29.6 Å². The second-order valence-corrected chi connectivity index (χ2v) is 1.07. The van der Waals surface area contributed by atoms with Crippen LogP contribution in [-0.4, -0.2) is 10.5 Å². The van der Waals surface area contributed by atoms with Crippen molar-refractivity contribution in [2.75, 3.05) is 0 Å². The van der Waals surface area contributed by atoms with Crippen LogP contribution in [0.25, 0.3) is 0 Å². The molecule has 6 heavy (non-hydrogen) atoms. The van der Waals surface area contributed by atoms with Gasteiger partial charge in [-0.25, -0.2) is 0 Å². The van der Waals surface area contributed by atoms with Crippen LogP contribution in [0.5, 0.6) is 0 Å². The van der Waals surface area contributed by atoms with Crippen molar-refractivity contribution in [2.45, 2.75) is 6.92 Å². The second-order valence-electron chi connectivity index (χ2n) is 0.492. The Morgan fingerprint density at radius 2 is 1.67 bits per heavy atom. The summed E-state index contributed by atoms with van der Waals surface area (Å²) in [6, 6.07) is 0. The van der Waals surface area contributed by atoms with Crippen LogP contribution < -0.4 is 34.7 Å². The average molecular weight is 116 g/mol. The van der Waals surface area contributed by atoms with Gasteiger partial charge in [0.05, 0.1) is 0 Å². The molecule has 0 saturated carbocycles. The van der Waals surface area contributed by atoms with E-state index in [-0.39, 0.29) is 40.1 Å². The van der Waals surface area contributed by atoms with E-state index in [1.165, 1.54) is 6.92 Å². The minimum Gasteiger partial charge on any atom is -0.868 e. The third-order valence-electron chi connectivity index (χ3n) is 0. The number of hydrogen-bond donors (Lipinski definition) is 0. The molecule has 0 rings (SSSR count). The molecule has 2 N–H and O–H groups in total. The Hall–Kier alpha value is 0.850. The molecule has 0 atom stereocenters. The predicted molar refractivity (Wildman–Crippen MR) is 21.9 cm³/mol. The van der Waals surface area contributed by atoms with Crippen LogP contribution in [0.4, 0.5) is 0 Å². The molecule has 0 aliphatic rings. The summed E-state index contributed by atoms with van der Waals surface area (Å²) in [4.78, 5) is 0. The van der Waals surface area contributed by atoms with Crippen LogP contribution in [0.3, 0.4) is 0 Å². The van der Waals surface area contributed by atoms with E-state index in [1.54, 1.807) is 0 Å². The second kappa shape index (κ2) is 9.28. The molecule has 0 aromatic rings. The van der Waals surface area contributed by atoms with Crippen LogP contribution in [0.2, 0.25) is 0 Å². The zero-order chi connectivity index (χ0) is 3.58. The van der Waals surface area contributed by atoms with Crippen LogP contribution in [0.1, 0.15) is 6.92 Å². The van der Waals surface area contributed by atoms with Gasteiger partial charge in [-0.2, -0.15) is 0 Å². The molecule has 0 aromatic heterocycles. The largest absolute Gasteiger partial charge is 1.00 e. The van der Waals surface area contributed by atoms with Gasteiger partial charge < -0.3 is 10.6 Å². The maximum absolute atomic E-state index is 9.26. The van der Waals surface area contributed by atoms with E-state index in [0.717, 1.165) is 0 Å². The molecule has 0 heterocycles. The summed E-state index contributed by atoms with van der Waals surface area (Å²) in [5, 5.41) is 9.01. The van der Waals surface area contributed by atoms with Gasteiger partial charge in [0.15, 0.2) is 0 Å². The van der Waals surface area contributed by atoms with E-state index < -0.39 is 0 Å². The normalized spacial score (nSPS) is 4.17. The molecule has 0 spiro atoms. The van der Waals surface area contributed by atoms with E-state index in [9.17, 15) is 5.11 Å². The molecular weight excluding hydrogens is 111 g/mol. The average Bonchev–Trinajstić information content (AvgIpc) is 0.811. The van der Waals surface area contributed by atoms with Crippen LogP contribution in [-0.2, 0) is 0 Å². The predicted octanol–water partition coefficient (Wildman–Crippen LogP) is -4.13. The van der Waals surface area contributed by atoms with Crippen molar-refractivity contribution < 1.29 is 40.1 Å². The molecule has 2 nitrogen and oxygen atoms in total. The molecule has 0 aromatic carbocycles. The Balaban J connectivity index is -0.0000000450. The zero-order valence-corrected chi connectivity index (χ0v) is 6.63. The van der Waals surface area contributed by atoms with Crippen molar-refractivity contribution in [1.29, 1.82) is 0 Å². The number of rotatable bonds is 0. The van der Waals surface area contributed by atoms with E-state index >= 15 is 0 Å². The quantitative estimate of drug-likeness (QED) is 0.238. The first kappa shape index (κ1) is 15.8. The summed E-state index contributed by atoms with van der Waals surface area (Å²) in [7, 11) is 0. The monoisotopic (exact) mass is 116 g/mol. The summed E-state index contributed by atoms with van der Waals surface area (Å²) >= 11 is 3.98. The van der Waals surface area contributed by atoms with E-state index in [1.807, 2.05) is 0 Å². The first-order valence-electron chi connectivity index (χ1n) is 0.908. The van der Waals surface area contributed by atoms with E-state index in [0.29, 0.717) is 0 Å². The van der Waals surface area contributed by atoms with Gasteiger partial charge in [0, 0.05) is 0 Å². The fourth-order valence-corrected chi connectivity index (χ4v) is 0. The summed E-state index contributed by atoms with van der Waals surface area (Å²) < 4.78 is 0. The molecule has 0 fully saturated rings. The molecule has 0 aliphatic heterocycles. The molecule has 0 radical (unpaired) electrons. The Morgan fingerprint density at radius 3 is 1.67 bits per heavy atom. The fraction of sp³-hybridized carbons (Fsp3) is 0.500. The molecule has 32 valence electrons. The van der Waals surface area contributed by atoms with Gasteiger partial charge in [-0.3, -0.25) is 0 Å². The Bertz CT molecular complexity index is 34.5. The minimum atomic E-state index is -0.250. The van der Waals surface area contributed by atoms with Crippen LogP contribution >= 0.6 is 12.2 Å². The van der Waals surface area contributed by atoms with Gasteiger partial charge in [0.25, 0.3) is 0 Å². The zero-order valence-electron chi connectivity index (χ0n) is 3.82. The first-order chi connectivity index (χ1) is 1.73. The maximum atomic E-state index is 9.26. The van der Waals surface area contributed by atoms with Gasteiger partial charge in [0.1, 0.15) is 0 Å². The van der Waals surface area contributed by atoms with E-state index in [2.05, 4.69) is 12.2 Å². The van der Waals surface area contributed by atoms with Crippen molar-refractivity contribution in [1.82, 2.24) is 0 Å². The number of thiocarbonyl (C=S) groups is 1. The van der Waals surface area contributed by atoms with Crippen molar-refractivity contribution >= 4 is 17.3 Å². The first-order valence-corrected chi connectivity index (χ1v) is 1.32. The molecule has 0 amide bonds. The SMILES string of the molecule is CC([O-])=S.O.[Na+]. The minimum absolute atomic E-state index is 0. The topological polar surface area (TPSA) is 54.6 Å². The Labute approximate surface area is 64.2 Å². The summed E-state index contributed by atoms with van der Waals surface area (Å²) in [5.41, 5.74) is 0.